The number of hydrogen-bond acceptors (Lipinski definition) is 2. The zero-order valence-electron chi connectivity index (χ0n) is 9.94. The lowest BCUT2D eigenvalue weighted by atomic mass is 9.73. The van der Waals surface area contributed by atoms with Gasteiger partial charge in [-0.1, -0.05) is 18.2 Å². The minimum absolute atomic E-state index is 0.207. The fourth-order valence-electron chi connectivity index (χ4n) is 2.72. The highest BCUT2D eigenvalue weighted by molar-refractivity contribution is 5.84. The minimum atomic E-state index is -0.709. The molecule has 0 unspecified atom stereocenters. The molecule has 0 radical (unpaired) electrons. The normalized spacial score (nSPS) is 28.2. The maximum atomic E-state index is 10.6. The molecule has 1 saturated carbocycles. The maximum absolute atomic E-state index is 10.6. The Balaban J connectivity index is 1.90. The van der Waals surface area contributed by atoms with Crippen molar-refractivity contribution in [3.8, 4) is 0 Å². The second kappa shape index (κ2) is 3.86. The molecule has 0 spiro atoms. The summed E-state index contributed by atoms with van der Waals surface area (Å²) in [5.41, 5.74) is 1.37. The van der Waals surface area contributed by atoms with Crippen molar-refractivity contribution in [2.24, 2.45) is 0 Å². The summed E-state index contributed by atoms with van der Waals surface area (Å²) in [6.45, 7) is 2.71. The molecule has 0 atom stereocenters. The van der Waals surface area contributed by atoms with Gasteiger partial charge in [0.25, 0.3) is 0 Å². The van der Waals surface area contributed by atoms with Gasteiger partial charge in [-0.25, -0.2) is 0 Å². The van der Waals surface area contributed by atoms with Crippen LogP contribution >= 0.6 is 0 Å². The zero-order valence-corrected chi connectivity index (χ0v) is 9.94. The van der Waals surface area contributed by atoms with Crippen LogP contribution in [0, 0.1) is 0 Å². The van der Waals surface area contributed by atoms with Crippen molar-refractivity contribution in [2.75, 3.05) is 6.61 Å². The van der Waals surface area contributed by atoms with Crippen molar-refractivity contribution in [1.29, 1.82) is 0 Å². The summed E-state index contributed by atoms with van der Waals surface area (Å²) in [7, 11) is 0. The Morgan fingerprint density at radius 2 is 2.18 bits per heavy atom. The molecule has 1 heterocycles. The lowest BCUT2D eigenvalue weighted by molar-refractivity contribution is -0.141. The number of fused-ring (bicyclic) bond motifs is 1. The standard InChI is InChI=1S/C14H17NO2/c1-2-17-10-7-14(16,8-10)12-9-15-13-6-4-3-5-11(12)13/h3-6,9-10,15-16H,2,7-8H2,1H3. The number of rotatable bonds is 3. The molecule has 1 aliphatic carbocycles. The summed E-state index contributed by atoms with van der Waals surface area (Å²) in [5, 5.41) is 11.7. The van der Waals surface area contributed by atoms with Gasteiger partial charge < -0.3 is 14.8 Å². The number of aliphatic hydroxyl groups is 1. The van der Waals surface area contributed by atoms with E-state index in [4.69, 9.17) is 4.74 Å². The van der Waals surface area contributed by atoms with E-state index in [1.54, 1.807) is 0 Å². The summed E-state index contributed by atoms with van der Waals surface area (Å²) in [6, 6.07) is 8.08. The highest BCUT2D eigenvalue weighted by atomic mass is 16.5. The third-order valence-corrected chi connectivity index (χ3v) is 3.62. The number of nitrogens with one attached hydrogen (secondary N) is 1. The monoisotopic (exact) mass is 231 g/mol. The molecule has 0 aliphatic heterocycles. The van der Waals surface area contributed by atoms with Crippen LogP contribution in [-0.4, -0.2) is 22.8 Å². The van der Waals surface area contributed by atoms with Gasteiger partial charge in [0.15, 0.2) is 0 Å². The molecule has 1 fully saturated rings. The topological polar surface area (TPSA) is 45.2 Å². The van der Waals surface area contributed by atoms with Crippen LogP contribution in [0.4, 0.5) is 0 Å². The van der Waals surface area contributed by atoms with Crippen LogP contribution in [0.3, 0.4) is 0 Å². The van der Waals surface area contributed by atoms with Crippen molar-refractivity contribution in [3.05, 3.63) is 36.0 Å². The molecular formula is C14H17NO2. The first-order valence-corrected chi connectivity index (χ1v) is 6.13. The van der Waals surface area contributed by atoms with Crippen LogP contribution in [0.15, 0.2) is 30.5 Å². The number of para-hydroxylation sites is 1. The molecule has 3 heteroatoms. The molecule has 1 aliphatic rings. The average Bonchev–Trinajstić information content (AvgIpc) is 2.71. The predicted octanol–water partition coefficient (Wildman–Crippen LogP) is 2.55. The molecule has 90 valence electrons. The van der Waals surface area contributed by atoms with Crippen molar-refractivity contribution in [3.63, 3.8) is 0 Å². The number of benzene rings is 1. The molecule has 3 rings (SSSR count). The number of H-pyrrole nitrogens is 1. The van der Waals surface area contributed by atoms with Gasteiger partial charge in [0.05, 0.1) is 11.7 Å². The van der Waals surface area contributed by atoms with Crippen LogP contribution in [0.2, 0.25) is 0 Å². The number of aromatic nitrogens is 1. The van der Waals surface area contributed by atoms with Gasteiger partial charge in [0, 0.05) is 42.1 Å². The fraction of sp³-hybridized carbons (Fsp3) is 0.429. The molecule has 1 aromatic carbocycles. The fourth-order valence-corrected chi connectivity index (χ4v) is 2.72. The first-order chi connectivity index (χ1) is 8.23. The van der Waals surface area contributed by atoms with Crippen LogP contribution in [0.5, 0.6) is 0 Å². The van der Waals surface area contributed by atoms with Gasteiger partial charge in [0.1, 0.15) is 0 Å². The van der Waals surface area contributed by atoms with Gasteiger partial charge in [-0.2, -0.15) is 0 Å². The minimum Gasteiger partial charge on any atom is -0.385 e. The lowest BCUT2D eigenvalue weighted by Gasteiger charge is -2.43. The molecule has 0 amide bonds. The van der Waals surface area contributed by atoms with E-state index in [0.717, 1.165) is 16.5 Å². The molecule has 2 aromatic rings. The Morgan fingerprint density at radius 1 is 1.41 bits per heavy atom. The summed E-state index contributed by atoms with van der Waals surface area (Å²) in [4.78, 5) is 3.21. The van der Waals surface area contributed by atoms with E-state index in [0.29, 0.717) is 19.4 Å². The summed E-state index contributed by atoms with van der Waals surface area (Å²) >= 11 is 0. The van der Waals surface area contributed by atoms with Gasteiger partial charge in [0.2, 0.25) is 0 Å². The van der Waals surface area contributed by atoms with E-state index in [9.17, 15) is 5.11 Å². The van der Waals surface area contributed by atoms with E-state index < -0.39 is 5.60 Å². The van der Waals surface area contributed by atoms with Crippen LogP contribution < -0.4 is 0 Å². The second-order valence-corrected chi connectivity index (χ2v) is 4.77. The summed E-state index contributed by atoms with van der Waals surface area (Å²) in [5.74, 6) is 0. The van der Waals surface area contributed by atoms with Gasteiger partial charge >= 0.3 is 0 Å². The van der Waals surface area contributed by atoms with Gasteiger partial charge in [-0.3, -0.25) is 0 Å². The van der Waals surface area contributed by atoms with E-state index in [-0.39, 0.29) is 6.10 Å². The smallest absolute Gasteiger partial charge is 0.0966 e. The highest BCUT2D eigenvalue weighted by Gasteiger charge is 2.45. The van der Waals surface area contributed by atoms with Crippen molar-refractivity contribution in [1.82, 2.24) is 4.98 Å². The Labute approximate surface area is 100 Å². The van der Waals surface area contributed by atoms with E-state index in [1.165, 1.54) is 0 Å². The Bertz CT molecular complexity index is 526. The summed E-state index contributed by atoms with van der Waals surface area (Å²) in [6.07, 6.45) is 3.52. The predicted molar refractivity (Wildman–Crippen MR) is 66.8 cm³/mol. The van der Waals surface area contributed by atoms with E-state index in [1.807, 2.05) is 37.4 Å². The number of ether oxygens (including phenoxy) is 1. The van der Waals surface area contributed by atoms with Crippen molar-refractivity contribution in [2.45, 2.75) is 31.5 Å². The average molecular weight is 231 g/mol. The van der Waals surface area contributed by atoms with Crippen LogP contribution in [0.1, 0.15) is 25.3 Å². The quantitative estimate of drug-likeness (QED) is 0.852. The van der Waals surface area contributed by atoms with Gasteiger partial charge in [-0.15, -0.1) is 0 Å². The zero-order chi connectivity index (χ0) is 11.9. The van der Waals surface area contributed by atoms with Crippen LogP contribution in [0.25, 0.3) is 10.9 Å². The molecule has 0 bridgehead atoms. The molecule has 1 aromatic heterocycles. The van der Waals surface area contributed by atoms with E-state index >= 15 is 0 Å². The highest BCUT2D eigenvalue weighted by Crippen LogP contribution is 2.45. The second-order valence-electron chi connectivity index (χ2n) is 4.77. The van der Waals surface area contributed by atoms with Crippen molar-refractivity contribution < 1.29 is 9.84 Å². The molecule has 3 nitrogen and oxygen atoms in total. The Hall–Kier alpha value is -1.32. The van der Waals surface area contributed by atoms with Crippen molar-refractivity contribution >= 4 is 10.9 Å². The Kier molecular flexibility index (Phi) is 2.45. The number of hydrogen-bond donors (Lipinski definition) is 2. The first kappa shape index (κ1) is 10.8. The summed E-state index contributed by atoms with van der Waals surface area (Å²) < 4.78 is 5.51. The Morgan fingerprint density at radius 3 is 2.94 bits per heavy atom. The molecule has 0 saturated heterocycles. The molecule has 17 heavy (non-hydrogen) atoms. The van der Waals surface area contributed by atoms with Gasteiger partial charge in [-0.05, 0) is 13.0 Å². The first-order valence-electron chi connectivity index (χ1n) is 6.13. The molecule has 2 N–H and O–H groups in total. The van der Waals surface area contributed by atoms with E-state index in [2.05, 4.69) is 4.98 Å². The third kappa shape index (κ3) is 1.66. The van der Waals surface area contributed by atoms with Crippen LogP contribution in [-0.2, 0) is 10.3 Å². The SMILES string of the molecule is CCOC1CC(O)(c2c[nH]c3ccccc23)C1. The third-order valence-electron chi connectivity index (χ3n) is 3.62. The lowest BCUT2D eigenvalue weighted by Crippen LogP contribution is -2.45. The number of aromatic amines is 1. The maximum Gasteiger partial charge on any atom is 0.0966 e. The largest absolute Gasteiger partial charge is 0.385 e. The molecular weight excluding hydrogens is 214 g/mol.